The highest BCUT2D eigenvalue weighted by molar-refractivity contribution is 7.91. The molecular weight excluding hydrogens is 1130 g/mol. The Balaban J connectivity index is 0.000000399. The number of hydrogen-bond acceptors (Lipinski definition) is 16. The van der Waals surface area contributed by atoms with Crippen molar-refractivity contribution < 1.29 is 27.4 Å². The maximum Gasteiger partial charge on any atom is 0.206 e. The molecule has 0 aliphatic heterocycles. The van der Waals surface area contributed by atoms with E-state index in [0.717, 1.165) is 182 Å². The van der Waals surface area contributed by atoms with Gasteiger partial charge in [-0.05, 0) is 241 Å². The average molecular weight is 1220 g/mol. The topological polar surface area (TPSA) is 71.1 Å². The molecule has 17 heteroatoms. The summed E-state index contributed by atoms with van der Waals surface area (Å²) < 4.78 is 51.6. The Labute approximate surface area is 502 Å². The zero-order chi connectivity index (χ0) is 54.2. The summed E-state index contributed by atoms with van der Waals surface area (Å²) in [6.45, 7) is 7.18. The summed E-state index contributed by atoms with van der Waals surface area (Å²) in [4.78, 5) is 0.532. The second-order valence-corrected chi connectivity index (χ2v) is 25.0. The normalized spacial score (nSPS) is 11.6. The van der Waals surface area contributed by atoms with E-state index in [1.807, 2.05) is 0 Å². The third-order valence-electron chi connectivity index (χ3n) is 12.5. The minimum atomic E-state index is -3.69. The summed E-state index contributed by atoms with van der Waals surface area (Å²) in [6, 6.07) is 19.8. The number of sulfone groups is 1. The molecule has 0 saturated carbocycles. The molecule has 0 spiro atoms. The summed E-state index contributed by atoms with van der Waals surface area (Å²) in [5.41, 5.74) is 9.36. The highest BCUT2D eigenvalue weighted by atomic mass is 32.2. The van der Waals surface area contributed by atoms with Crippen LogP contribution in [0.15, 0.2) is 70.5 Å². The molecule has 6 nitrogen and oxygen atoms in total. The Hall–Kier alpha value is -0.470. The monoisotopic (exact) mass is 1220 g/mol. The standard InChI is InChI=1S/C33H52O2S6.C24H34O4S5/c1-33(2,29-21-25(9-3-15-36)31(34-13-7-19-40)26(22-29)10-4-16-37)30-23-27(11-5-17-38)32(35-14-8-20-41)28(24-30)12-6-18-39;25-33(26,21-7-9-23(27-11-3-15-31)19(17-21)5-1-13-29)22-8-10-24(28-12-4-16-32)20(18-22)6-2-14-30/h21-24,36-41H,3-20H2,1-2H3;7-10,17-18,29-32H,1-6,11-16H2. The number of aryl methyl sites for hydroxylation is 6. The minimum Gasteiger partial charge on any atom is -0.493 e. The number of benzene rings is 4. The molecule has 0 bridgehead atoms. The van der Waals surface area contributed by atoms with Gasteiger partial charge >= 0.3 is 0 Å². The van der Waals surface area contributed by atoms with Crippen molar-refractivity contribution in [3.8, 4) is 23.0 Å². The molecule has 0 atom stereocenters. The van der Waals surface area contributed by atoms with Crippen LogP contribution in [-0.4, -0.2) is 92.4 Å². The lowest BCUT2D eigenvalue weighted by Gasteiger charge is -2.31. The number of rotatable bonds is 38. The lowest BCUT2D eigenvalue weighted by atomic mass is 9.75. The summed E-state index contributed by atoms with van der Waals surface area (Å²) in [5, 5.41) is 0. The molecular formula is C57H86O6S11. The van der Waals surface area contributed by atoms with E-state index >= 15 is 0 Å². The molecule has 4 rings (SSSR count). The van der Waals surface area contributed by atoms with Gasteiger partial charge in [0.05, 0.1) is 36.2 Å². The van der Waals surface area contributed by atoms with Gasteiger partial charge in [-0.2, -0.15) is 126 Å². The maximum atomic E-state index is 13.5. The first-order valence-electron chi connectivity index (χ1n) is 26.3. The first-order valence-corrected chi connectivity index (χ1v) is 34.1. The average Bonchev–Trinajstić information content (AvgIpc) is 3.40. The van der Waals surface area contributed by atoms with Crippen LogP contribution in [0, 0.1) is 0 Å². The second kappa shape index (κ2) is 39.0. The van der Waals surface area contributed by atoms with Crippen LogP contribution >= 0.6 is 126 Å². The summed E-state index contributed by atoms with van der Waals surface area (Å²) in [6.07, 6.45) is 14.5. The third kappa shape index (κ3) is 22.6. The second-order valence-electron chi connectivity index (χ2n) is 18.6. The fourth-order valence-corrected chi connectivity index (χ4v) is 11.2. The van der Waals surface area contributed by atoms with Gasteiger partial charge in [-0.25, -0.2) is 8.42 Å². The molecule has 74 heavy (non-hydrogen) atoms. The first-order chi connectivity index (χ1) is 35.8. The van der Waals surface area contributed by atoms with Crippen LogP contribution in [0.4, 0.5) is 0 Å². The number of hydrogen-bond donors (Lipinski definition) is 10. The van der Waals surface area contributed by atoms with E-state index in [1.165, 1.54) is 33.4 Å². The van der Waals surface area contributed by atoms with Crippen LogP contribution in [0.5, 0.6) is 23.0 Å². The van der Waals surface area contributed by atoms with Crippen molar-refractivity contribution >= 4 is 136 Å². The van der Waals surface area contributed by atoms with Gasteiger partial charge in [-0.1, -0.05) is 38.1 Å². The van der Waals surface area contributed by atoms with Crippen LogP contribution in [0.1, 0.15) is 123 Å². The van der Waals surface area contributed by atoms with Crippen molar-refractivity contribution in [2.24, 2.45) is 0 Å². The van der Waals surface area contributed by atoms with Crippen LogP contribution in [0.25, 0.3) is 0 Å². The Morgan fingerprint density at radius 2 is 0.608 bits per heavy atom. The smallest absolute Gasteiger partial charge is 0.206 e. The molecule has 0 radical (unpaired) electrons. The number of thiol groups is 10. The molecule has 0 unspecified atom stereocenters. The van der Waals surface area contributed by atoms with Gasteiger partial charge in [-0.15, -0.1) is 0 Å². The van der Waals surface area contributed by atoms with Gasteiger partial charge in [0.25, 0.3) is 0 Å². The summed E-state index contributed by atoms with van der Waals surface area (Å²) >= 11 is 43.9. The predicted molar refractivity (Wildman–Crippen MR) is 352 cm³/mol. The Bertz CT molecular complexity index is 2100. The van der Waals surface area contributed by atoms with Crippen LogP contribution in [-0.2, 0) is 53.8 Å². The van der Waals surface area contributed by atoms with Gasteiger partial charge in [0.15, 0.2) is 0 Å². The predicted octanol–water partition coefficient (Wildman–Crippen LogP) is 14.5. The van der Waals surface area contributed by atoms with Crippen LogP contribution in [0.3, 0.4) is 0 Å². The SMILES string of the molecule is CC(C)(c1cc(CCCS)c(OCCCS)c(CCCS)c1)c1cc(CCCS)c(OCCCS)c(CCCS)c1.O=S(=O)(c1ccc(OCCCS)c(CCCS)c1)c1ccc(OCCCS)c(CCCS)c1. The lowest BCUT2D eigenvalue weighted by Crippen LogP contribution is -2.21. The van der Waals surface area contributed by atoms with Crippen molar-refractivity contribution in [1.82, 2.24) is 0 Å². The Kier molecular flexibility index (Phi) is 35.7. The fraction of sp³-hybridized carbons (Fsp3) is 0.579. The van der Waals surface area contributed by atoms with E-state index in [4.69, 9.17) is 18.9 Å². The van der Waals surface area contributed by atoms with E-state index in [9.17, 15) is 8.42 Å². The van der Waals surface area contributed by atoms with Crippen molar-refractivity contribution in [2.75, 3.05) is 84.0 Å². The molecule has 4 aromatic carbocycles. The van der Waals surface area contributed by atoms with Gasteiger partial charge in [-0.3, -0.25) is 0 Å². The Morgan fingerprint density at radius 3 is 0.878 bits per heavy atom. The molecule has 4 aromatic rings. The molecule has 0 amide bonds. The van der Waals surface area contributed by atoms with Gasteiger partial charge in [0.2, 0.25) is 9.84 Å². The quantitative estimate of drug-likeness (QED) is 0.0163. The van der Waals surface area contributed by atoms with E-state index in [0.29, 0.717) is 39.3 Å². The zero-order valence-corrected chi connectivity index (χ0v) is 53.6. The highest BCUT2D eigenvalue weighted by Crippen LogP contribution is 2.41. The minimum absolute atomic E-state index is 0.204. The van der Waals surface area contributed by atoms with E-state index < -0.39 is 9.84 Å². The lowest BCUT2D eigenvalue weighted by molar-refractivity contribution is 0.311. The van der Waals surface area contributed by atoms with Crippen molar-refractivity contribution in [3.63, 3.8) is 0 Å². The zero-order valence-electron chi connectivity index (χ0n) is 43.8. The van der Waals surface area contributed by atoms with Crippen LogP contribution < -0.4 is 18.9 Å². The van der Waals surface area contributed by atoms with Gasteiger partial charge < -0.3 is 18.9 Å². The molecule has 0 fully saturated rings. The molecule has 416 valence electrons. The molecule has 0 N–H and O–H groups in total. The summed E-state index contributed by atoms with van der Waals surface area (Å²) in [7, 11) is -3.69. The van der Waals surface area contributed by atoms with Crippen molar-refractivity contribution in [1.29, 1.82) is 0 Å². The molecule has 0 aromatic heterocycles. The first kappa shape index (κ1) is 67.8. The van der Waals surface area contributed by atoms with E-state index in [-0.39, 0.29) is 15.2 Å². The molecule has 0 aliphatic carbocycles. The third-order valence-corrected chi connectivity index (χ3v) is 17.4. The Morgan fingerprint density at radius 1 is 0.351 bits per heavy atom. The number of ether oxygens (including phenoxy) is 4. The van der Waals surface area contributed by atoms with E-state index in [2.05, 4.69) is 164 Å². The van der Waals surface area contributed by atoms with Crippen molar-refractivity contribution in [2.45, 2.75) is 132 Å². The maximum absolute atomic E-state index is 13.5. The van der Waals surface area contributed by atoms with E-state index in [1.54, 1.807) is 36.4 Å². The molecule has 0 heterocycles. The fourth-order valence-electron chi connectivity index (χ4n) is 8.35. The summed E-state index contributed by atoms with van der Waals surface area (Å²) in [5.74, 6) is 11.5. The van der Waals surface area contributed by atoms with Crippen LogP contribution in [0.2, 0.25) is 0 Å². The molecule has 0 aliphatic rings. The van der Waals surface area contributed by atoms with Gasteiger partial charge in [0.1, 0.15) is 23.0 Å². The largest absolute Gasteiger partial charge is 0.493 e. The van der Waals surface area contributed by atoms with Crippen molar-refractivity contribution in [3.05, 3.63) is 105 Å². The molecule has 0 saturated heterocycles. The highest BCUT2D eigenvalue weighted by Gasteiger charge is 2.29. The van der Waals surface area contributed by atoms with Gasteiger partial charge in [0, 0.05) is 5.41 Å².